The zero-order chi connectivity index (χ0) is 9.42. The van der Waals surface area contributed by atoms with E-state index in [0.29, 0.717) is 21.6 Å². The van der Waals surface area contributed by atoms with Gasteiger partial charge in [0.15, 0.2) is 5.75 Å². The van der Waals surface area contributed by atoms with Crippen LogP contribution < -0.4 is 4.74 Å². The fourth-order valence-electron chi connectivity index (χ4n) is 1.16. The average molecular weight is 213 g/mol. The molecule has 1 heterocycles. The summed E-state index contributed by atoms with van der Waals surface area (Å²) in [5, 5.41) is 1.11. The molecule has 0 atom stereocenters. The van der Waals surface area contributed by atoms with Gasteiger partial charge in [-0.2, -0.15) is 0 Å². The van der Waals surface area contributed by atoms with Gasteiger partial charge >= 0.3 is 0 Å². The predicted octanol–water partition coefficient (Wildman–Crippen LogP) is 3.91. The van der Waals surface area contributed by atoms with Gasteiger partial charge in [0.1, 0.15) is 5.76 Å². The highest BCUT2D eigenvalue weighted by Gasteiger charge is 2.12. The quantitative estimate of drug-likeness (QED) is 0.634. The summed E-state index contributed by atoms with van der Waals surface area (Å²) in [6.07, 6.45) is 3.65. The minimum atomic E-state index is 0.507. The molecule has 1 aliphatic rings. The van der Waals surface area contributed by atoms with Crippen LogP contribution in [0, 0.1) is 0 Å². The van der Waals surface area contributed by atoms with E-state index in [-0.39, 0.29) is 0 Å². The van der Waals surface area contributed by atoms with Crippen LogP contribution in [0.25, 0.3) is 6.08 Å². The van der Waals surface area contributed by atoms with Gasteiger partial charge in [-0.05, 0) is 24.3 Å². The predicted molar refractivity (Wildman–Crippen MR) is 55.3 cm³/mol. The lowest BCUT2D eigenvalue weighted by atomic mass is 10.1. The first-order chi connectivity index (χ1) is 6.16. The summed E-state index contributed by atoms with van der Waals surface area (Å²) in [5.41, 5.74) is 0.880. The zero-order valence-electron chi connectivity index (χ0n) is 6.68. The summed E-state index contributed by atoms with van der Waals surface area (Å²) < 4.78 is 5.35. The van der Waals surface area contributed by atoms with Gasteiger partial charge in [0.25, 0.3) is 0 Å². The lowest BCUT2D eigenvalue weighted by Crippen LogP contribution is -1.98. The van der Waals surface area contributed by atoms with Crippen LogP contribution in [0.3, 0.4) is 0 Å². The molecule has 0 aliphatic carbocycles. The standard InChI is InChI=1S/C10H6Cl2O/c1-6-2-3-7-4-8(11)5-9(12)10(7)13-6/h2-5H,1H2. The average Bonchev–Trinajstić information content (AvgIpc) is 2.06. The summed E-state index contributed by atoms with van der Waals surface area (Å²) in [6.45, 7) is 3.68. The Kier molecular flexibility index (Phi) is 2.06. The van der Waals surface area contributed by atoms with E-state index in [9.17, 15) is 0 Å². The van der Waals surface area contributed by atoms with Crippen molar-refractivity contribution in [3.8, 4) is 5.75 Å². The Balaban J connectivity index is 2.62. The lowest BCUT2D eigenvalue weighted by molar-refractivity contribution is 0.442. The van der Waals surface area contributed by atoms with Crippen LogP contribution >= 0.6 is 23.2 Å². The fraction of sp³-hybridized carbons (Fsp3) is 0. The second-order valence-corrected chi connectivity index (χ2v) is 3.55. The second kappa shape index (κ2) is 3.09. The highest BCUT2D eigenvalue weighted by Crippen LogP contribution is 2.36. The monoisotopic (exact) mass is 212 g/mol. The lowest BCUT2D eigenvalue weighted by Gasteiger charge is -2.15. The van der Waals surface area contributed by atoms with E-state index in [0.717, 1.165) is 5.56 Å². The number of rotatable bonds is 0. The summed E-state index contributed by atoms with van der Waals surface area (Å²) >= 11 is 11.8. The number of halogens is 2. The Morgan fingerprint density at radius 3 is 2.69 bits per heavy atom. The fourth-order valence-corrected chi connectivity index (χ4v) is 1.71. The molecule has 3 heteroatoms. The molecule has 1 nitrogen and oxygen atoms in total. The molecule has 0 bridgehead atoms. The summed E-state index contributed by atoms with van der Waals surface area (Å²) in [6, 6.07) is 3.44. The van der Waals surface area contributed by atoms with Crippen molar-refractivity contribution in [1.29, 1.82) is 0 Å². The highest BCUT2D eigenvalue weighted by atomic mass is 35.5. The Morgan fingerprint density at radius 1 is 1.15 bits per heavy atom. The van der Waals surface area contributed by atoms with E-state index >= 15 is 0 Å². The molecule has 1 aromatic rings. The molecular weight excluding hydrogens is 207 g/mol. The van der Waals surface area contributed by atoms with Crippen LogP contribution in [0.2, 0.25) is 10.0 Å². The Bertz CT molecular complexity index is 408. The third-order valence-corrected chi connectivity index (χ3v) is 2.22. The molecule has 0 saturated heterocycles. The van der Waals surface area contributed by atoms with Gasteiger partial charge in [-0.3, -0.25) is 0 Å². The Hall–Kier alpha value is -0.920. The zero-order valence-corrected chi connectivity index (χ0v) is 8.19. The molecule has 66 valence electrons. The number of benzene rings is 1. The van der Waals surface area contributed by atoms with E-state index in [1.165, 1.54) is 0 Å². The molecule has 0 N–H and O–H groups in total. The molecular formula is C10H6Cl2O. The maximum Gasteiger partial charge on any atom is 0.153 e. The summed E-state index contributed by atoms with van der Waals surface area (Å²) in [5.74, 6) is 1.20. The minimum absolute atomic E-state index is 0.507. The first-order valence-corrected chi connectivity index (χ1v) is 4.46. The molecule has 0 radical (unpaired) electrons. The normalized spacial score (nSPS) is 13.8. The van der Waals surface area contributed by atoms with E-state index in [2.05, 4.69) is 6.58 Å². The first kappa shape index (κ1) is 8.67. The Labute approximate surface area is 86.2 Å². The largest absolute Gasteiger partial charge is 0.456 e. The van der Waals surface area contributed by atoms with Crippen molar-refractivity contribution in [3.63, 3.8) is 0 Å². The van der Waals surface area contributed by atoms with Gasteiger partial charge < -0.3 is 4.74 Å². The molecule has 1 aliphatic heterocycles. The van der Waals surface area contributed by atoms with Gasteiger partial charge in [0.05, 0.1) is 5.02 Å². The molecule has 0 amide bonds. The van der Waals surface area contributed by atoms with E-state index in [4.69, 9.17) is 27.9 Å². The van der Waals surface area contributed by atoms with Crippen LogP contribution in [-0.2, 0) is 0 Å². The van der Waals surface area contributed by atoms with Crippen LogP contribution in [0.5, 0.6) is 5.75 Å². The van der Waals surface area contributed by atoms with Crippen molar-refractivity contribution in [2.24, 2.45) is 0 Å². The van der Waals surface area contributed by atoms with Gasteiger partial charge in [0.2, 0.25) is 0 Å². The van der Waals surface area contributed by atoms with Crippen molar-refractivity contribution >= 4 is 29.3 Å². The van der Waals surface area contributed by atoms with Crippen molar-refractivity contribution in [2.75, 3.05) is 0 Å². The molecule has 0 unspecified atom stereocenters. The van der Waals surface area contributed by atoms with Crippen molar-refractivity contribution < 1.29 is 4.74 Å². The van der Waals surface area contributed by atoms with Crippen LogP contribution in [0.4, 0.5) is 0 Å². The Morgan fingerprint density at radius 2 is 1.92 bits per heavy atom. The molecule has 0 fully saturated rings. The SMILES string of the molecule is C=C1C=Cc2cc(Cl)cc(Cl)c2O1. The van der Waals surface area contributed by atoms with Gasteiger partial charge in [-0.1, -0.05) is 29.8 Å². The number of hydrogen-bond donors (Lipinski definition) is 0. The van der Waals surface area contributed by atoms with E-state index in [1.54, 1.807) is 18.2 Å². The van der Waals surface area contributed by atoms with Gasteiger partial charge in [0, 0.05) is 10.6 Å². The van der Waals surface area contributed by atoms with Crippen molar-refractivity contribution in [3.05, 3.63) is 46.2 Å². The number of allylic oxidation sites excluding steroid dienone is 1. The molecule has 0 aromatic heterocycles. The summed E-state index contributed by atoms with van der Waals surface area (Å²) in [4.78, 5) is 0. The van der Waals surface area contributed by atoms with Gasteiger partial charge in [-0.25, -0.2) is 0 Å². The van der Waals surface area contributed by atoms with Crippen LogP contribution in [-0.4, -0.2) is 0 Å². The van der Waals surface area contributed by atoms with E-state index in [1.807, 2.05) is 6.08 Å². The van der Waals surface area contributed by atoms with Crippen LogP contribution in [0.1, 0.15) is 5.56 Å². The maximum atomic E-state index is 5.93. The number of hydrogen-bond acceptors (Lipinski definition) is 1. The van der Waals surface area contributed by atoms with E-state index < -0.39 is 0 Å². The molecule has 1 aromatic carbocycles. The third-order valence-electron chi connectivity index (χ3n) is 1.72. The molecule has 0 spiro atoms. The number of ether oxygens (including phenoxy) is 1. The van der Waals surface area contributed by atoms with Crippen molar-refractivity contribution in [1.82, 2.24) is 0 Å². The first-order valence-electron chi connectivity index (χ1n) is 3.71. The van der Waals surface area contributed by atoms with Crippen molar-refractivity contribution in [2.45, 2.75) is 0 Å². The smallest absolute Gasteiger partial charge is 0.153 e. The summed E-state index contributed by atoms with van der Waals surface area (Å²) in [7, 11) is 0. The number of fused-ring (bicyclic) bond motifs is 1. The van der Waals surface area contributed by atoms with Gasteiger partial charge in [-0.15, -0.1) is 0 Å². The highest BCUT2D eigenvalue weighted by molar-refractivity contribution is 6.36. The van der Waals surface area contributed by atoms with Crippen LogP contribution in [0.15, 0.2) is 30.5 Å². The third kappa shape index (κ3) is 1.58. The molecule has 2 rings (SSSR count). The minimum Gasteiger partial charge on any atom is -0.456 e. The molecule has 13 heavy (non-hydrogen) atoms. The molecule has 0 saturated carbocycles. The topological polar surface area (TPSA) is 9.23 Å². The second-order valence-electron chi connectivity index (χ2n) is 2.71. The maximum absolute atomic E-state index is 5.93.